The van der Waals surface area contributed by atoms with E-state index in [1.165, 1.54) is 19.3 Å². The van der Waals surface area contributed by atoms with Gasteiger partial charge in [0.05, 0.1) is 12.7 Å². The van der Waals surface area contributed by atoms with Crippen LogP contribution in [0.2, 0.25) is 0 Å². The molecule has 0 heterocycles. The molecule has 10 heteroatoms. The number of hydrogen-bond acceptors (Lipinski definition) is 7. The molecule has 0 aromatic carbocycles. The van der Waals surface area contributed by atoms with Gasteiger partial charge in [-0.25, -0.2) is 4.57 Å². The second-order valence-corrected chi connectivity index (χ2v) is 13.7. The molecule has 0 saturated heterocycles. The first-order valence-electron chi connectivity index (χ1n) is 18.9. The van der Waals surface area contributed by atoms with Crippen molar-refractivity contribution in [3.05, 3.63) is 85.1 Å². The van der Waals surface area contributed by atoms with E-state index in [2.05, 4.69) is 84.4 Å². The fourth-order valence-corrected chi connectivity index (χ4v) is 4.93. The normalized spacial score (nSPS) is 14.1. The van der Waals surface area contributed by atoms with Gasteiger partial charge in [0.2, 0.25) is 0 Å². The number of ether oxygens (including phenoxy) is 2. The van der Waals surface area contributed by atoms with E-state index in [0.29, 0.717) is 19.3 Å². The maximum absolute atomic E-state index is 12.3. The molecule has 0 unspecified atom stereocenters. The zero-order valence-electron chi connectivity index (χ0n) is 31.3. The van der Waals surface area contributed by atoms with Gasteiger partial charge in [-0.05, 0) is 103 Å². The summed E-state index contributed by atoms with van der Waals surface area (Å²) >= 11 is 0. The van der Waals surface area contributed by atoms with Crippen molar-refractivity contribution in [1.82, 2.24) is 0 Å². The highest BCUT2D eigenvalue weighted by Crippen LogP contribution is 2.35. The molecule has 0 radical (unpaired) electrons. The van der Waals surface area contributed by atoms with Crippen LogP contribution in [0.3, 0.4) is 0 Å². The van der Waals surface area contributed by atoms with Crippen LogP contribution in [0.15, 0.2) is 85.1 Å². The summed E-state index contributed by atoms with van der Waals surface area (Å²) in [6.07, 6.45) is 44.4. The van der Waals surface area contributed by atoms with Crippen LogP contribution in [-0.2, 0) is 28.2 Å². The van der Waals surface area contributed by atoms with E-state index in [0.717, 1.165) is 70.6 Å². The highest BCUT2D eigenvalue weighted by atomic mass is 31.2. The molecule has 9 nitrogen and oxygen atoms in total. The van der Waals surface area contributed by atoms with E-state index in [-0.39, 0.29) is 25.6 Å². The number of aliphatic hydroxyl groups is 1. The summed E-state index contributed by atoms with van der Waals surface area (Å²) in [7, 11) is -4.79. The summed E-state index contributed by atoms with van der Waals surface area (Å²) in [6.45, 7) is 3.10. The summed E-state index contributed by atoms with van der Waals surface area (Å²) in [5, 5.41) is 9.24. The maximum atomic E-state index is 12.3. The summed E-state index contributed by atoms with van der Waals surface area (Å²) in [5.41, 5.74) is 0. The molecule has 290 valence electrons. The summed E-state index contributed by atoms with van der Waals surface area (Å²) in [6, 6.07) is 0. The number of rotatable bonds is 33. The first-order valence-corrected chi connectivity index (χ1v) is 20.4. The zero-order chi connectivity index (χ0) is 37.7. The van der Waals surface area contributed by atoms with Crippen LogP contribution in [0.1, 0.15) is 136 Å². The molecule has 0 rings (SSSR count). The Hall–Kier alpha value is -2.81. The predicted molar refractivity (Wildman–Crippen MR) is 208 cm³/mol. The van der Waals surface area contributed by atoms with E-state index in [1.807, 2.05) is 19.1 Å². The van der Waals surface area contributed by atoms with Crippen LogP contribution in [0.25, 0.3) is 0 Å². The van der Waals surface area contributed by atoms with E-state index >= 15 is 0 Å². The number of carbonyl (C=O) groups excluding carboxylic acids is 2. The van der Waals surface area contributed by atoms with Gasteiger partial charge in [0, 0.05) is 12.8 Å². The summed E-state index contributed by atoms with van der Waals surface area (Å²) < 4.78 is 26.2. The number of hydrogen-bond donors (Lipinski definition) is 3. The van der Waals surface area contributed by atoms with Gasteiger partial charge in [0.1, 0.15) is 6.61 Å². The van der Waals surface area contributed by atoms with Crippen LogP contribution in [0, 0.1) is 0 Å². The molecule has 0 aliphatic rings. The summed E-state index contributed by atoms with van der Waals surface area (Å²) in [4.78, 5) is 42.7. The van der Waals surface area contributed by atoms with Crippen LogP contribution in [0.4, 0.5) is 0 Å². The number of esters is 2. The van der Waals surface area contributed by atoms with Crippen molar-refractivity contribution in [3.63, 3.8) is 0 Å². The van der Waals surface area contributed by atoms with E-state index < -0.39 is 32.5 Å². The third-order valence-electron chi connectivity index (χ3n) is 7.40. The Morgan fingerprint density at radius 2 is 1.02 bits per heavy atom. The number of phosphoric acid groups is 1. The fourth-order valence-electron chi connectivity index (χ4n) is 4.56. The second kappa shape index (κ2) is 35.6. The minimum Gasteiger partial charge on any atom is -0.462 e. The van der Waals surface area contributed by atoms with Gasteiger partial charge in [-0.15, -0.1) is 0 Å². The molecular weight excluding hydrogens is 667 g/mol. The lowest BCUT2D eigenvalue weighted by Gasteiger charge is -2.18. The van der Waals surface area contributed by atoms with Crippen molar-refractivity contribution in [2.75, 3.05) is 13.2 Å². The average molecular weight is 735 g/mol. The molecule has 0 bridgehead atoms. The molecule has 2 atom stereocenters. The molecule has 3 N–H and O–H groups in total. The van der Waals surface area contributed by atoms with Crippen LogP contribution in [-0.4, -0.2) is 52.3 Å². The predicted octanol–water partition coefficient (Wildman–Crippen LogP) is 10.3. The highest BCUT2D eigenvalue weighted by molar-refractivity contribution is 7.46. The van der Waals surface area contributed by atoms with E-state index in [9.17, 15) is 19.3 Å². The topological polar surface area (TPSA) is 140 Å². The van der Waals surface area contributed by atoms with Crippen molar-refractivity contribution >= 4 is 19.8 Å². The standard InChI is InChI=1S/C41H67O9P/c1-3-4-5-6-7-8-9-10-12-16-19-22-25-28-31-34-40(43)48-36-39(37-49-51(45,46)47)50-41(44)35-32-29-26-23-20-17-14-11-13-15-18-21-24-27-30-33-38(2)42/h7-8,10,12-15,17,19,21-24,26,38-39,42H,3-6,9,11,16,18,20,25,27-37H2,1-2H3,(H2,45,46,47)/b8-7-,12-10-,15-13-,17-14-,22-19-,24-21-,26-23-/t38-,39+/m0/s1. The van der Waals surface area contributed by atoms with Crippen LogP contribution in [0.5, 0.6) is 0 Å². The zero-order valence-corrected chi connectivity index (χ0v) is 32.2. The minimum absolute atomic E-state index is 0.111. The van der Waals surface area contributed by atoms with Gasteiger partial charge in [0.15, 0.2) is 6.10 Å². The largest absolute Gasteiger partial charge is 0.469 e. The molecule has 0 amide bonds. The van der Waals surface area contributed by atoms with Crippen molar-refractivity contribution in [3.8, 4) is 0 Å². The maximum Gasteiger partial charge on any atom is 0.469 e. The molecule has 51 heavy (non-hydrogen) atoms. The lowest BCUT2D eigenvalue weighted by atomic mass is 10.1. The third-order valence-corrected chi connectivity index (χ3v) is 7.89. The Morgan fingerprint density at radius 3 is 1.49 bits per heavy atom. The van der Waals surface area contributed by atoms with Crippen LogP contribution < -0.4 is 0 Å². The molecule has 0 spiro atoms. The Kier molecular flexibility index (Phi) is 33.6. The smallest absolute Gasteiger partial charge is 0.462 e. The lowest BCUT2D eigenvalue weighted by molar-refractivity contribution is -0.161. The minimum atomic E-state index is -4.79. The first-order chi connectivity index (χ1) is 24.6. The van der Waals surface area contributed by atoms with Gasteiger partial charge < -0.3 is 24.4 Å². The Balaban J connectivity index is 4.17. The van der Waals surface area contributed by atoms with Gasteiger partial charge >= 0.3 is 19.8 Å². The number of unbranched alkanes of at least 4 members (excludes halogenated alkanes) is 7. The molecule has 0 aromatic rings. The molecule has 0 saturated carbocycles. The second-order valence-electron chi connectivity index (χ2n) is 12.5. The van der Waals surface area contributed by atoms with Gasteiger partial charge in [-0.1, -0.05) is 105 Å². The van der Waals surface area contributed by atoms with Crippen molar-refractivity contribution in [2.24, 2.45) is 0 Å². The monoisotopic (exact) mass is 734 g/mol. The van der Waals surface area contributed by atoms with Crippen molar-refractivity contribution < 1.29 is 43.0 Å². The van der Waals surface area contributed by atoms with Crippen molar-refractivity contribution in [2.45, 2.75) is 148 Å². The Bertz CT molecular complexity index is 1110. The third kappa shape index (κ3) is 39.8. The van der Waals surface area contributed by atoms with E-state index in [4.69, 9.17) is 19.3 Å². The van der Waals surface area contributed by atoms with E-state index in [1.54, 1.807) is 0 Å². The Labute approximate surface area is 308 Å². The molecule has 0 aliphatic carbocycles. The van der Waals surface area contributed by atoms with Gasteiger partial charge in [-0.2, -0.15) is 0 Å². The average Bonchev–Trinajstić information content (AvgIpc) is 3.08. The van der Waals surface area contributed by atoms with Crippen LogP contribution >= 0.6 is 7.82 Å². The van der Waals surface area contributed by atoms with Gasteiger partial charge in [-0.3, -0.25) is 14.1 Å². The molecule has 0 fully saturated rings. The number of phosphoric ester groups is 1. The number of allylic oxidation sites excluding steroid dienone is 14. The number of carbonyl (C=O) groups is 2. The Morgan fingerprint density at radius 1 is 0.588 bits per heavy atom. The SMILES string of the molecule is CCCCC/C=C\C/C=C\C/C=C\CCCCC(=O)OC[C@H](COP(=O)(O)O)OC(=O)CCC/C=C\C/C=C\C/C=C\C/C=C\CCC[C@H](C)O. The highest BCUT2D eigenvalue weighted by Gasteiger charge is 2.22. The van der Waals surface area contributed by atoms with Gasteiger partial charge in [0.25, 0.3) is 0 Å². The fraction of sp³-hybridized carbons (Fsp3) is 0.610. The summed E-state index contributed by atoms with van der Waals surface area (Å²) in [5.74, 6) is -1.02. The first kappa shape index (κ1) is 48.2. The van der Waals surface area contributed by atoms with Crippen molar-refractivity contribution in [1.29, 1.82) is 0 Å². The molecule has 0 aliphatic heterocycles. The number of aliphatic hydroxyl groups excluding tert-OH is 1. The lowest BCUT2D eigenvalue weighted by Crippen LogP contribution is -2.29. The molecule has 0 aromatic heterocycles. The quantitative estimate of drug-likeness (QED) is 0.0260. The molecular formula is C41H67O9P.